The maximum atomic E-state index is 6.01. The molecule has 1 saturated heterocycles. The number of nitrogens with one attached hydrogen (secondary N) is 1. The molecule has 4 heteroatoms. The van der Waals surface area contributed by atoms with Crippen LogP contribution in [0.15, 0.2) is 18.2 Å². The molecule has 1 heterocycles. The minimum atomic E-state index is 0.622. The Labute approximate surface area is 145 Å². The monoisotopic (exact) mass is 341 g/mol. The molecule has 1 radical (unpaired) electrons. The topological polar surface area (TPSA) is 15.3 Å². The van der Waals surface area contributed by atoms with E-state index in [0.717, 1.165) is 13.1 Å². The second kappa shape index (κ2) is 10.5. The average Bonchev–Trinajstić information content (AvgIpc) is 2.54. The molecule has 0 spiro atoms. The minimum absolute atomic E-state index is 0.622. The molecular formula is C18H27Cl2N2. The molecule has 0 amide bonds. The molecule has 1 aliphatic heterocycles. The van der Waals surface area contributed by atoms with Crippen molar-refractivity contribution < 1.29 is 0 Å². The summed E-state index contributed by atoms with van der Waals surface area (Å²) >= 11 is 11.9. The van der Waals surface area contributed by atoms with Gasteiger partial charge in [-0.2, -0.15) is 0 Å². The van der Waals surface area contributed by atoms with Crippen molar-refractivity contribution in [1.29, 1.82) is 0 Å². The normalized spacial score (nSPS) is 16.1. The zero-order chi connectivity index (χ0) is 15.6. The van der Waals surface area contributed by atoms with Gasteiger partial charge in [-0.3, -0.25) is 0 Å². The molecule has 1 fully saturated rings. The lowest BCUT2D eigenvalue weighted by Gasteiger charge is -2.26. The van der Waals surface area contributed by atoms with Gasteiger partial charge in [-0.25, -0.2) is 0 Å². The number of nitrogens with zero attached hydrogens (tertiary/aromatic N) is 1. The molecule has 1 N–H and O–H groups in total. The molecule has 22 heavy (non-hydrogen) atoms. The van der Waals surface area contributed by atoms with Gasteiger partial charge in [0.1, 0.15) is 0 Å². The number of rotatable bonds is 9. The summed E-state index contributed by atoms with van der Waals surface area (Å²) in [5.41, 5.74) is 1.19. The van der Waals surface area contributed by atoms with Crippen LogP contribution in [0.1, 0.15) is 44.1 Å². The minimum Gasteiger partial charge on any atom is -0.313 e. The number of unbranched alkanes of at least 4 members (excludes halogenated alkanes) is 3. The Morgan fingerprint density at radius 1 is 0.955 bits per heavy atom. The fraction of sp³-hybridized carbons (Fsp3) is 0.611. The summed E-state index contributed by atoms with van der Waals surface area (Å²) < 4.78 is 0. The van der Waals surface area contributed by atoms with Crippen LogP contribution < -0.4 is 5.32 Å². The average molecular weight is 342 g/mol. The Morgan fingerprint density at radius 2 is 1.73 bits per heavy atom. The highest BCUT2D eigenvalue weighted by molar-refractivity contribution is 6.42. The summed E-state index contributed by atoms with van der Waals surface area (Å²) in [7, 11) is 0. The fourth-order valence-corrected chi connectivity index (χ4v) is 3.17. The fourth-order valence-electron chi connectivity index (χ4n) is 2.85. The first kappa shape index (κ1) is 18.1. The third kappa shape index (κ3) is 6.87. The van der Waals surface area contributed by atoms with Crippen LogP contribution in [0, 0.1) is 6.42 Å². The Bertz CT molecular complexity index is 431. The summed E-state index contributed by atoms with van der Waals surface area (Å²) in [4.78, 5) is 2.60. The van der Waals surface area contributed by atoms with E-state index in [2.05, 4.69) is 16.6 Å². The summed E-state index contributed by atoms with van der Waals surface area (Å²) in [5, 5.41) is 4.73. The van der Waals surface area contributed by atoms with Gasteiger partial charge in [-0.1, -0.05) is 42.1 Å². The molecule has 1 aromatic carbocycles. The maximum Gasteiger partial charge on any atom is 0.0595 e. The summed E-state index contributed by atoms with van der Waals surface area (Å²) in [6, 6.07) is 5.82. The highest BCUT2D eigenvalue weighted by Gasteiger charge is 2.08. The van der Waals surface area contributed by atoms with E-state index in [-0.39, 0.29) is 0 Å². The van der Waals surface area contributed by atoms with Crippen LogP contribution in [0.2, 0.25) is 10.0 Å². The van der Waals surface area contributed by atoms with E-state index >= 15 is 0 Å². The first-order chi connectivity index (χ1) is 10.8. The lowest BCUT2D eigenvalue weighted by Crippen LogP contribution is -2.30. The molecule has 123 valence electrons. The molecular weight excluding hydrogens is 315 g/mol. The van der Waals surface area contributed by atoms with Crippen molar-refractivity contribution in [3.63, 3.8) is 0 Å². The van der Waals surface area contributed by atoms with Crippen LogP contribution in [0.4, 0.5) is 0 Å². The van der Waals surface area contributed by atoms with E-state index in [0.29, 0.717) is 10.0 Å². The van der Waals surface area contributed by atoms with Crippen molar-refractivity contribution in [2.24, 2.45) is 0 Å². The number of likely N-dealkylation sites (tertiary alicyclic amines) is 1. The zero-order valence-corrected chi connectivity index (χ0v) is 14.8. The van der Waals surface area contributed by atoms with E-state index in [1.165, 1.54) is 63.7 Å². The summed E-state index contributed by atoms with van der Waals surface area (Å²) in [5.74, 6) is 0. The van der Waals surface area contributed by atoms with Gasteiger partial charge in [0.05, 0.1) is 10.0 Å². The van der Waals surface area contributed by atoms with E-state index < -0.39 is 0 Å². The van der Waals surface area contributed by atoms with Crippen LogP contribution >= 0.6 is 23.2 Å². The van der Waals surface area contributed by atoms with Crippen LogP contribution in [-0.4, -0.2) is 31.1 Å². The number of piperidine rings is 1. The van der Waals surface area contributed by atoms with Crippen molar-refractivity contribution in [3.05, 3.63) is 40.2 Å². The Kier molecular flexibility index (Phi) is 8.61. The lowest BCUT2D eigenvalue weighted by molar-refractivity contribution is 0.248. The van der Waals surface area contributed by atoms with E-state index in [1.54, 1.807) is 0 Å². The van der Waals surface area contributed by atoms with Crippen molar-refractivity contribution in [2.45, 2.75) is 45.1 Å². The molecule has 0 atom stereocenters. The van der Waals surface area contributed by atoms with E-state index in [1.807, 2.05) is 18.2 Å². The van der Waals surface area contributed by atoms with Crippen LogP contribution in [-0.2, 0) is 6.54 Å². The van der Waals surface area contributed by atoms with E-state index in [4.69, 9.17) is 23.2 Å². The number of hydrogen-bond acceptors (Lipinski definition) is 2. The lowest BCUT2D eigenvalue weighted by atomic mass is 10.1. The van der Waals surface area contributed by atoms with Gasteiger partial charge in [0.2, 0.25) is 0 Å². The Hall–Kier alpha value is -0.280. The second-order valence-electron chi connectivity index (χ2n) is 6.05. The molecule has 0 unspecified atom stereocenters. The highest BCUT2D eigenvalue weighted by Crippen LogP contribution is 2.22. The highest BCUT2D eigenvalue weighted by atomic mass is 35.5. The summed E-state index contributed by atoms with van der Waals surface area (Å²) in [6.45, 7) is 5.75. The van der Waals surface area contributed by atoms with Gasteiger partial charge in [-0.05, 0) is 76.0 Å². The molecule has 0 aromatic heterocycles. The summed E-state index contributed by atoms with van der Waals surface area (Å²) in [6.07, 6.45) is 10.2. The Morgan fingerprint density at radius 3 is 2.50 bits per heavy atom. The third-order valence-corrected chi connectivity index (χ3v) is 4.93. The first-order valence-corrected chi connectivity index (χ1v) is 9.20. The Balaban J connectivity index is 1.44. The van der Waals surface area contributed by atoms with Gasteiger partial charge in [0.25, 0.3) is 0 Å². The van der Waals surface area contributed by atoms with Crippen molar-refractivity contribution in [1.82, 2.24) is 10.2 Å². The molecule has 1 aliphatic rings. The van der Waals surface area contributed by atoms with Gasteiger partial charge in [-0.15, -0.1) is 0 Å². The predicted molar refractivity (Wildman–Crippen MR) is 96.6 cm³/mol. The van der Waals surface area contributed by atoms with E-state index in [9.17, 15) is 0 Å². The molecule has 0 aliphatic carbocycles. The number of halogens is 2. The molecule has 0 saturated carbocycles. The van der Waals surface area contributed by atoms with Crippen LogP contribution in [0.3, 0.4) is 0 Å². The zero-order valence-electron chi connectivity index (χ0n) is 13.3. The van der Waals surface area contributed by atoms with Gasteiger partial charge in [0.15, 0.2) is 0 Å². The third-order valence-electron chi connectivity index (χ3n) is 4.19. The SMILES string of the molecule is Clc1ccc(CNCCCCCCN2CC[CH]CC2)cc1Cl. The predicted octanol–water partition coefficient (Wildman–Crippen LogP) is 4.94. The molecule has 2 rings (SSSR count). The van der Waals surface area contributed by atoms with Crippen LogP contribution in [0.25, 0.3) is 0 Å². The molecule has 2 nitrogen and oxygen atoms in total. The number of hydrogen-bond donors (Lipinski definition) is 1. The van der Waals surface area contributed by atoms with Crippen molar-refractivity contribution in [2.75, 3.05) is 26.2 Å². The van der Waals surface area contributed by atoms with Crippen molar-refractivity contribution in [3.8, 4) is 0 Å². The largest absolute Gasteiger partial charge is 0.313 e. The standard InChI is InChI=1S/C18H27Cl2N2/c19-17-9-8-16(14-18(17)20)15-21-10-4-1-2-5-11-22-12-6-3-7-13-22/h3,8-9,14,21H,1-2,4-7,10-13,15H2. The smallest absolute Gasteiger partial charge is 0.0595 e. The van der Waals surface area contributed by atoms with Gasteiger partial charge < -0.3 is 10.2 Å². The van der Waals surface area contributed by atoms with Gasteiger partial charge >= 0.3 is 0 Å². The first-order valence-electron chi connectivity index (χ1n) is 8.44. The number of benzene rings is 1. The molecule has 0 bridgehead atoms. The van der Waals surface area contributed by atoms with Gasteiger partial charge in [0, 0.05) is 6.54 Å². The quantitative estimate of drug-likeness (QED) is 0.639. The molecule has 1 aromatic rings. The van der Waals surface area contributed by atoms with Crippen LogP contribution in [0.5, 0.6) is 0 Å². The maximum absolute atomic E-state index is 6.01. The van der Waals surface area contributed by atoms with Crippen molar-refractivity contribution >= 4 is 23.2 Å². The second-order valence-corrected chi connectivity index (χ2v) is 6.86.